The number of fused-ring (bicyclic) bond motifs is 1. The molecule has 6 nitrogen and oxygen atoms in total. The lowest BCUT2D eigenvalue weighted by Crippen LogP contribution is -2.23. The molecule has 0 aliphatic rings. The van der Waals surface area contributed by atoms with E-state index in [0.29, 0.717) is 18.8 Å². The highest BCUT2D eigenvalue weighted by atomic mass is 32.2. The smallest absolute Gasteiger partial charge is 0.263 e. The third-order valence-corrected chi connectivity index (χ3v) is 6.54. The van der Waals surface area contributed by atoms with Gasteiger partial charge in [0.1, 0.15) is 4.90 Å². The van der Waals surface area contributed by atoms with E-state index in [2.05, 4.69) is 15.0 Å². The summed E-state index contributed by atoms with van der Waals surface area (Å²) in [6, 6.07) is 25.8. The van der Waals surface area contributed by atoms with Crippen LogP contribution in [0.4, 0.5) is 5.69 Å². The molecular formula is C25H25N3O3S. The lowest BCUT2D eigenvalue weighted by Gasteiger charge is -2.12. The number of sulfonamides is 1. The molecular weight excluding hydrogens is 422 g/mol. The number of benzene rings is 3. The second-order valence-electron chi connectivity index (χ2n) is 7.55. The second-order valence-corrected chi connectivity index (χ2v) is 9.23. The number of rotatable bonds is 9. The van der Waals surface area contributed by atoms with Crippen molar-refractivity contribution in [2.24, 2.45) is 0 Å². The largest absolute Gasteiger partial charge is 0.387 e. The molecule has 1 unspecified atom stereocenters. The minimum absolute atomic E-state index is 0.126. The predicted octanol–water partition coefficient (Wildman–Crippen LogP) is 3.90. The molecule has 3 aromatic carbocycles. The standard InChI is InChI=1S/C25H25N3O3S/c29-25(20-6-2-1-3-7-20)18-26-15-14-19-10-12-22(13-11-19)28-32(30,31)23-16-21-8-4-5-9-24(21)27-17-23/h1-13,16-17,25-26,28-29H,14-15,18H2. The quantitative estimate of drug-likeness (QED) is 0.339. The van der Waals surface area contributed by atoms with Crippen molar-refractivity contribution < 1.29 is 13.5 Å². The molecule has 1 heterocycles. The SMILES string of the molecule is O=S(=O)(Nc1ccc(CCNCC(O)c2ccccc2)cc1)c1cnc2ccccc2c1. The van der Waals surface area contributed by atoms with Gasteiger partial charge in [-0.05, 0) is 48.4 Å². The van der Waals surface area contributed by atoms with Crippen molar-refractivity contribution in [3.05, 3.63) is 102 Å². The van der Waals surface area contributed by atoms with E-state index in [-0.39, 0.29) is 4.90 Å². The highest BCUT2D eigenvalue weighted by Crippen LogP contribution is 2.20. The summed E-state index contributed by atoms with van der Waals surface area (Å²) in [7, 11) is -3.73. The number of nitrogens with zero attached hydrogens (tertiary/aromatic N) is 1. The Hall–Kier alpha value is -3.26. The number of anilines is 1. The van der Waals surface area contributed by atoms with Gasteiger partial charge in [0.05, 0.1) is 11.6 Å². The van der Waals surface area contributed by atoms with Crippen molar-refractivity contribution in [2.75, 3.05) is 17.8 Å². The number of aliphatic hydroxyl groups is 1. The van der Waals surface area contributed by atoms with Crippen LogP contribution >= 0.6 is 0 Å². The predicted molar refractivity (Wildman–Crippen MR) is 127 cm³/mol. The van der Waals surface area contributed by atoms with Gasteiger partial charge in [-0.15, -0.1) is 0 Å². The number of hydrogen-bond donors (Lipinski definition) is 3. The average Bonchev–Trinajstić information content (AvgIpc) is 2.82. The molecule has 4 aromatic rings. The number of para-hydroxylation sites is 1. The minimum Gasteiger partial charge on any atom is -0.387 e. The molecule has 0 bridgehead atoms. The lowest BCUT2D eigenvalue weighted by molar-refractivity contribution is 0.175. The Balaban J connectivity index is 1.31. The Labute approximate surface area is 188 Å². The van der Waals surface area contributed by atoms with E-state index in [9.17, 15) is 13.5 Å². The number of aliphatic hydroxyl groups excluding tert-OH is 1. The van der Waals surface area contributed by atoms with Crippen LogP contribution in [0.3, 0.4) is 0 Å². The molecule has 0 amide bonds. The van der Waals surface area contributed by atoms with Crippen LogP contribution in [-0.2, 0) is 16.4 Å². The summed E-state index contributed by atoms with van der Waals surface area (Å²) < 4.78 is 28.1. The Morgan fingerprint density at radius 3 is 2.41 bits per heavy atom. The van der Waals surface area contributed by atoms with Crippen LogP contribution < -0.4 is 10.0 Å². The zero-order valence-electron chi connectivity index (χ0n) is 17.5. The fourth-order valence-corrected chi connectivity index (χ4v) is 4.45. The molecule has 0 saturated carbocycles. The van der Waals surface area contributed by atoms with Crippen molar-refractivity contribution in [1.82, 2.24) is 10.3 Å². The number of aromatic nitrogens is 1. The van der Waals surface area contributed by atoms with Crippen LogP contribution in [0.1, 0.15) is 17.2 Å². The molecule has 0 aliphatic carbocycles. The van der Waals surface area contributed by atoms with Gasteiger partial charge in [-0.25, -0.2) is 8.42 Å². The molecule has 4 rings (SSSR count). The molecule has 0 aliphatic heterocycles. The fourth-order valence-electron chi connectivity index (χ4n) is 3.42. The first kappa shape index (κ1) is 22.0. The van der Waals surface area contributed by atoms with Crippen LogP contribution in [0.5, 0.6) is 0 Å². The van der Waals surface area contributed by atoms with E-state index in [1.807, 2.05) is 66.7 Å². The summed E-state index contributed by atoms with van der Waals surface area (Å²) >= 11 is 0. The van der Waals surface area contributed by atoms with Gasteiger partial charge >= 0.3 is 0 Å². The maximum Gasteiger partial charge on any atom is 0.263 e. The van der Waals surface area contributed by atoms with Crippen molar-refractivity contribution >= 4 is 26.6 Å². The highest BCUT2D eigenvalue weighted by Gasteiger charge is 2.15. The average molecular weight is 448 g/mol. The van der Waals surface area contributed by atoms with E-state index >= 15 is 0 Å². The normalized spacial score (nSPS) is 12.5. The summed E-state index contributed by atoms with van der Waals surface area (Å²) in [4.78, 5) is 4.36. The van der Waals surface area contributed by atoms with E-state index in [4.69, 9.17) is 0 Å². The molecule has 32 heavy (non-hydrogen) atoms. The van der Waals surface area contributed by atoms with E-state index in [1.54, 1.807) is 18.2 Å². The summed E-state index contributed by atoms with van der Waals surface area (Å²) in [6.45, 7) is 1.18. The van der Waals surface area contributed by atoms with Gasteiger partial charge in [0, 0.05) is 23.8 Å². The first-order chi connectivity index (χ1) is 15.5. The van der Waals surface area contributed by atoms with Crippen LogP contribution in [-0.4, -0.2) is 31.6 Å². The van der Waals surface area contributed by atoms with Crippen LogP contribution in [0.15, 0.2) is 96.0 Å². The monoisotopic (exact) mass is 447 g/mol. The summed E-state index contributed by atoms with van der Waals surface area (Å²) in [5.74, 6) is 0. The molecule has 1 aromatic heterocycles. The summed E-state index contributed by atoms with van der Waals surface area (Å²) in [5, 5.41) is 14.2. The first-order valence-corrected chi connectivity index (χ1v) is 11.9. The van der Waals surface area contributed by atoms with Gasteiger partial charge in [0.15, 0.2) is 0 Å². The van der Waals surface area contributed by atoms with Gasteiger partial charge < -0.3 is 10.4 Å². The third kappa shape index (κ3) is 5.50. The minimum atomic E-state index is -3.73. The fraction of sp³-hybridized carbons (Fsp3) is 0.160. The molecule has 0 saturated heterocycles. The van der Waals surface area contributed by atoms with Gasteiger partial charge in [0.2, 0.25) is 0 Å². The summed E-state index contributed by atoms with van der Waals surface area (Å²) in [6.07, 6.45) is 1.59. The molecule has 0 spiro atoms. The zero-order valence-corrected chi connectivity index (χ0v) is 18.3. The Kier molecular flexibility index (Phi) is 6.80. The maximum atomic E-state index is 12.7. The van der Waals surface area contributed by atoms with Gasteiger partial charge in [-0.2, -0.15) is 0 Å². The van der Waals surface area contributed by atoms with Crippen LogP contribution in [0, 0.1) is 0 Å². The Morgan fingerprint density at radius 2 is 1.62 bits per heavy atom. The molecule has 3 N–H and O–H groups in total. The van der Waals surface area contributed by atoms with Gasteiger partial charge in [-0.3, -0.25) is 9.71 Å². The number of nitrogens with one attached hydrogen (secondary N) is 2. The topological polar surface area (TPSA) is 91.3 Å². The third-order valence-electron chi connectivity index (χ3n) is 5.19. The Morgan fingerprint density at radius 1 is 0.906 bits per heavy atom. The first-order valence-electron chi connectivity index (χ1n) is 10.4. The van der Waals surface area contributed by atoms with Crippen molar-refractivity contribution in [3.63, 3.8) is 0 Å². The molecule has 0 radical (unpaired) electrons. The lowest BCUT2D eigenvalue weighted by atomic mass is 10.1. The maximum absolute atomic E-state index is 12.7. The number of pyridine rings is 1. The van der Waals surface area contributed by atoms with Crippen molar-refractivity contribution in [3.8, 4) is 0 Å². The number of hydrogen-bond acceptors (Lipinski definition) is 5. The summed E-state index contributed by atoms with van der Waals surface area (Å²) in [5.41, 5.74) is 3.20. The Bertz CT molecular complexity index is 1280. The van der Waals surface area contributed by atoms with Crippen molar-refractivity contribution in [2.45, 2.75) is 17.4 Å². The highest BCUT2D eigenvalue weighted by molar-refractivity contribution is 7.92. The zero-order chi connectivity index (χ0) is 22.4. The molecule has 0 fully saturated rings. The van der Waals surface area contributed by atoms with E-state index in [0.717, 1.165) is 28.5 Å². The van der Waals surface area contributed by atoms with Gasteiger partial charge in [-0.1, -0.05) is 60.7 Å². The second kappa shape index (κ2) is 9.91. The van der Waals surface area contributed by atoms with Crippen LogP contribution in [0.25, 0.3) is 10.9 Å². The van der Waals surface area contributed by atoms with Crippen molar-refractivity contribution in [1.29, 1.82) is 0 Å². The van der Waals surface area contributed by atoms with E-state index in [1.165, 1.54) is 6.20 Å². The molecule has 164 valence electrons. The van der Waals surface area contributed by atoms with E-state index < -0.39 is 16.1 Å². The molecule has 1 atom stereocenters. The van der Waals surface area contributed by atoms with Gasteiger partial charge in [0.25, 0.3) is 10.0 Å². The van der Waals surface area contributed by atoms with Crippen LogP contribution in [0.2, 0.25) is 0 Å². The molecule has 7 heteroatoms.